The maximum atomic E-state index is 13.3. The van der Waals surface area contributed by atoms with Crippen molar-refractivity contribution in [1.82, 2.24) is 9.78 Å². The Labute approximate surface area is 137 Å². The Kier molecular flexibility index (Phi) is 4.25. The first kappa shape index (κ1) is 15.4. The van der Waals surface area contributed by atoms with Crippen molar-refractivity contribution in [2.75, 3.05) is 5.32 Å². The highest BCUT2D eigenvalue weighted by molar-refractivity contribution is 7.12. The Morgan fingerprint density at radius 3 is 2.83 bits per heavy atom. The molecule has 6 heteroatoms. The molecule has 1 N–H and O–H groups in total. The number of aromatic nitrogens is 2. The Hall–Kier alpha value is -2.47. The summed E-state index contributed by atoms with van der Waals surface area (Å²) in [4.78, 5) is 13.1. The Morgan fingerprint density at radius 1 is 1.30 bits per heavy atom. The lowest BCUT2D eigenvalue weighted by Crippen LogP contribution is -2.16. The van der Waals surface area contributed by atoms with Gasteiger partial charge in [-0.15, -0.1) is 11.3 Å². The number of carbonyl (C=O) groups excluding carboxylic acids is 1. The van der Waals surface area contributed by atoms with Crippen LogP contribution in [-0.2, 0) is 6.54 Å². The zero-order valence-electron chi connectivity index (χ0n) is 12.8. The molecule has 2 aromatic heterocycles. The molecule has 0 aliphatic heterocycles. The maximum absolute atomic E-state index is 13.3. The van der Waals surface area contributed by atoms with Gasteiger partial charge in [-0.2, -0.15) is 5.10 Å². The Balaban J connectivity index is 1.84. The molecule has 23 heavy (non-hydrogen) atoms. The molecule has 0 saturated carbocycles. The van der Waals surface area contributed by atoms with Crippen LogP contribution in [0.5, 0.6) is 0 Å². The van der Waals surface area contributed by atoms with Gasteiger partial charge in [0.05, 0.1) is 17.6 Å². The van der Waals surface area contributed by atoms with Crippen LogP contribution >= 0.6 is 11.3 Å². The third-order valence-corrected chi connectivity index (χ3v) is 4.56. The molecule has 0 aliphatic carbocycles. The van der Waals surface area contributed by atoms with Crippen LogP contribution in [0.1, 0.15) is 26.4 Å². The lowest BCUT2D eigenvalue weighted by molar-refractivity contribution is 0.102. The van der Waals surface area contributed by atoms with E-state index in [1.54, 1.807) is 16.9 Å². The van der Waals surface area contributed by atoms with Crippen molar-refractivity contribution in [3.05, 3.63) is 69.3 Å². The minimum absolute atomic E-state index is 0.151. The van der Waals surface area contributed by atoms with E-state index in [9.17, 15) is 9.18 Å². The second kappa shape index (κ2) is 6.34. The summed E-state index contributed by atoms with van der Waals surface area (Å²) in [6.07, 6.45) is 1.69. The van der Waals surface area contributed by atoms with E-state index in [0.717, 1.165) is 16.7 Å². The van der Waals surface area contributed by atoms with Crippen LogP contribution in [0.25, 0.3) is 0 Å². The smallest absolute Gasteiger partial charge is 0.267 e. The molecule has 0 fully saturated rings. The number of thiophene rings is 1. The summed E-state index contributed by atoms with van der Waals surface area (Å²) < 4.78 is 15.0. The van der Waals surface area contributed by atoms with Crippen molar-refractivity contribution in [2.45, 2.75) is 20.4 Å². The topological polar surface area (TPSA) is 46.9 Å². The summed E-state index contributed by atoms with van der Waals surface area (Å²) in [5.41, 5.74) is 2.60. The molecule has 0 atom stereocenters. The van der Waals surface area contributed by atoms with Crippen LogP contribution in [0, 0.1) is 19.7 Å². The van der Waals surface area contributed by atoms with Gasteiger partial charge in [0.1, 0.15) is 11.6 Å². The summed E-state index contributed by atoms with van der Waals surface area (Å²) in [5.74, 6) is 0.194. The molecular weight excluding hydrogens is 313 g/mol. The molecule has 3 aromatic rings. The van der Waals surface area contributed by atoms with E-state index >= 15 is 0 Å². The van der Waals surface area contributed by atoms with Gasteiger partial charge < -0.3 is 5.32 Å². The van der Waals surface area contributed by atoms with Crippen LogP contribution in [0.15, 0.2) is 41.9 Å². The number of carbonyl (C=O) groups is 1. The quantitative estimate of drug-likeness (QED) is 0.786. The van der Waals surface area contributed by atoms with Crippen molar-refractivity contribution < 1.29 is 9.18 Å². The number of aryl methyl sites for hydroxylation is 2. The van der Waals surface area contributed by atoms with Gasteiger partial charge >= 0.3 is 0 Å². The SMILES string of the molecule is Cc1ccsc1C(=O)Nc1c(C)cnn1Cc1cccc(F)c1. The molecule has 118 valence electrons. The first-order chi connectivity index (χ1) is 11.0. The highest BCUT2D eigenvalue weighted by Crippen LogP contribution is 2.21. The van der Waals surface area contributed by atoms with Gasteiger partial charge in [0, 0.05) is 5.56 Å². The zero-order chi connectivity index (χ0) is 16.4. The van der Waals surface area contributed by atoms with E-state index in [4.69, 9.17) is 0 Å². The van der Waals surface area contributed by atoms with Crippen LogP contribution in [0.4, 0.5) is 10.2 Å². The maximum Gasteiger partial charge on any atom is 0.267 e. The van der Waals surface area contributed by atoms with E-state index in [1.807, 2.05) is 31.4 Å². The minimum Gasteiger partial charge on any atom is -0.306 e. The molecule has 4 nitrogen and oxygen atoms in total. The van der Waals surface area contributed by atoms with Crippen molar-refractivity contribution in [3.63, 3.8) is 0 Å². The Bertz CT molecular complexity index is 853. The summed E-state index contributed by atoms with van der Waals surface area (Å²) in [5, 5.41) is 9.09. The zero-order valence-corrected chi connectivity index (χ0v) is 13.7. The van der Waals surface area contributed by atoms with Gasteiger partial charge in [0.25, 0.3) is 5.91 Å². The average molecular weight is 329 g/mol. The molecule has 0 spiro atoms. The van der Waals surface area contributed by atoms with Crippen molar-refractivity contribution in [3.8, 4) is 0 Å². The molecule has 0 bridgehead atoms. The lowest BCUT2D eigenvalue weighted by Gasteiger charge is -2.10. The number of nitrogens with one attached hydrogen (secondary N) is 1. The number of amides is 1. The van der Waals surface area contributed by atoms with E-state index in [2.05, 4.69) is 10.4 Å². The molecule has 0 unspecified atom stereocenters. The fraction of sp³-hybridized carbons (Fsp3) is 0.176. The third-order valence-electron chi connectivity index (χ3n) is 3.54. The van der Waals surface area contributed by atoms with E-state index in [-0.39, 0.29) is 11.7 Å². The summed E-state index contributed by atoms with van der Waals surface area (Å²) >= 11 is 1.41. The number of nitrogens with zero attached hydrogens (tertiary/aromatic N) is 2. The fourth-order valence-electron chi connectivity index (χ4n) is 2.34. The summed E-state index contributed by atoms with van der Waals surface area (Å²) in [7, 11) is 0. The number of hydrogen-bond acceptors (Lipinski definition) is 3. The fourth-order valence-corrected chi connectivity index (χ4v) is 3.16. The first-order valence-corrected chi connectivity index (χ1v) is 8.05. The molecular formula is C17H16FN3OS. The molecule has 0 aliphatic rings. The van der Waals surface area contributed by atoms with Gasteiger partial charge in [0.15, 0.2) is 0 Å². The molecule has 1 amide bonds. The molecule has 0 radical (unpaired) electrons. The van der Waals surface area contributed by atoms with E-state index < -0.39 is 0 Å². The van der Waals surface area contributed by atoms with Crippen molar-refractivity contribution >= 4 is 23.1 Å². The van der Waals surface area contributed by atoms with Gasteiger partial charge in [-0.1, -0.05) is 12.1 Å². The van der Waals surface area contributed by atoms with Crippen LogP contribution in [-0.4, -0.2) is 15.7 Å². The van der Waals surface area contributed by atoms with Gasteiger partial charge in [0.2, 0.25) is 0 Å². The molecule has 0 saturated heterocycles. The second-order valence-electron chi connectivity index (χ2n) is 5.35. The lowest BCUT2D eigenvalue weighted by atomic mass is 10.2. The predicted octanol–water partition coefficient (Wildman–Crippen LogP) is 4.00. The van der Waals surface area contributed by atoms with E-state index in [1.165, 1.54) is 23.5 Å². The van der Waals surface area contributed by atoms with Crippen molar-refractivity contribution in [1.29, 1.82) is 0 Å². The average Bonchev–Trinajstić information content (AvgIpc) is 3.08. The van der Waals surface area contributed by atoms with Gasteiger partial charge in [-0.3, -0.25) is 4.79 Å². The monoisotopic (exact) mass is 329 g/mol. The predicted molar refractivity (Wildman–Crippen MR) is 89.5 cm³/mol. The minimum atomic E-state index is -0.286. The first-order valence-electron chi connectivity index (χ1n) is 7.17. The van der Waals surface area contributed by atoms with E-state index in [0.29, 0.717) is 17.2 Å². The standard InChI is InChI=1S/C17H16FN3OS/c1-11-6-7-23-15(11)17(22)20-16-12(2)9-19-21(16)10-13-4-3-5-14(18)8-13/h3-9H,10H2,1-2H3,(H,20,22). The number of rotatable bonds is 4. The number of halogens is 1. The van der Waals surface area contributed by atoms with Crippen LogP contribution in [0.3, 0.4) is 0 Å². The summed E-state index contributed by atoms with van der Waals surface area (Å²) in [6, 6.07) is 8.27. The second-order valence-corrected chi connectivity index (χ2v) is 6.27. The highest BCUT2D eigenvalue weighted by atomic mass is 32.1. The molecule has 2 heterocycles. The highest BCUT2D eigenvalue weighted by Gasteiger charge is 2.15. The van der Waals surface area contributed by atoms with Crippen LogP contribution < -0.4 is 5.32 Å². The van der Waals surface area contributed by atoms with Crippen LogP contribution in [0.2, 0.25) is 0 Å². The number of hydrogen-bond donors (Lipinski definition) is 1. The third kappa shape index (κ3) is 3.32. The van der Waals surface area contributed by atoms with Gasteiger partial charge in [-0.25, -0.2) is 9.07 Å². The largest absolute Gasteiger partial charge is 0.306 e. The van der Waals surface area contributed by atoms with Gasteiger partial charge in [-0.05, 0) is 48.6 Å². The van der Waals surface area contributed by atoms with Crippen molar-refractivity contribution in [2.24, 2.45) is 0 Å². The summed E-state index contributed by atoms with van der Waals surface area (Å²) in [6.45, 7) is 4.18. The number of benzene rings is 1. The normalized spacial score (nSPS) is 10.7. The molecule has 1 aromatic carbocycles. The number of anilines is 1. The molecule has 3 rings (SSSR count). The Morgan fingerprint density at radius 2 is 2.13 bits per heavy atom.